The largest absolute Gasteiger partial charge is 0.481 e. The Bertz CT molecular complexity index is 113. The number of carboxylic acid groups (broad SMARTS) is 1. The average molecular weight is 115 g/mol. The molecular weight excluding hydrogens is 106 g/mol. The summed E-state index contributed by atoms with van der Waals surface area (Å²) >= 11 is 0. The van der Waals surface area contributed by atoms with Crippen molar-refractivity contribution in [3.63, 3.8) is 0 Å². The molecule has 1 fully saturated rings. The molecule has 46 valence electrons. The van der Waals surface area contributed by atoms with Gasteiger partial charge >= 0.3 is 5.97 Å². The van der Waals surface area contributed by atoms with E-state index in [0.29, 0.717) is 6.54 Å². The summed E-state index contributed by atoms with van der Waals surface area (Å²) in [5.41, 5.74) is 5.20. The van der Waals surface area contributed by atoms with Gasteiger partial charge in [0.2, 0.25) is 0 Å². The molecule has 0 saturated heterocycles. The predicted molar refractivity (Wildman–Crippen MR) is 28.3 cm³/mol. The summed E-state index contributed by atoms with van der Waals surface area (Å²) in [5.74, 6) is -0.548. The third kappa shape index (κ3) is 0.816. The maximum absolute atomic E-state index is 10.1. The van der Waals surface area contributed by atoms with E-state index in [9.17, 15) is 4.79 Å². The number of carbonyl (C=O) groups is 1. The highest BCUT2D eigenvalue weighted by Crippen LogP contribution is 2.37. The molecule has 1 aliphatic rings. The monoisotopic (exact) mass is 115 g/mol. The van der Waals surface area contributed by atoms with E-state index >= 15 is 0 Å². The van der Waals surface area contributed by atoms with Gasteiger partial charge in [-0.1, -0.05) is 0 Å². The molecule has 2 unspecified atom stereocenters. The summed E-state index contributed by atoms with van der Waals surface area (Å²) in [5, 5.41) is 8.30. The highest BCUT2D eigenvalue weighted by Gasteiger charge is 2.41. The van der Waals surface area contributed by atoms with Crippen LogP contribution in [0.5, 0.6) is 0 Å². The SMILES string of the molecule is NCC1CC1C(=O)O. The van der Waals surface area contributed by atoms with E-state index in [1.807, 2.05) is 0 Å². The molecule has 0 heterocycles. The Morgan fingerprint density at radius 3 is 2.62 bits per heavy atom. The van der Waals surface area contributed by atoms with Crippen LogP contribution in [-0.2, 0) is 4.79 Å². The van der Waals surface area contributed by atoms with E-state index in [1.165, 1.54) is 0 Å². The van der Waals surface area contributed by atoms with Crippen molar-refractivity contribution in [3.8, 4) is 0 Å². The van der Waals surface area contributed by atoms with Crippen molar-refractivity contribution in [2.24, 2.45) is 17.6 Å². The fourth-order valence-corrected chi connectivity index (χ4v) is 0.811. The van der Waals surface area contributed by atoms with Gasteiger partial charge < -0.3 is 10.8 Å². The van der Waals surface area contributed by atoms with Crippen LogP contribution in [0.4, 0.5) is 0 Å². The summed E-state index contributed by atoms with van der Waals surface area (Å²) < 4.78 is 0. The van der Waals surface area contributed by atoms with Crippen LogP contribution < -0.4 is 5.73 Å². The molecule has 0 bridgehead atoms. The Balaban J connectivity index is 2.26. The lowest BCUT2D eigenvalue weighted by atomic mass is 10.3. The molecule has 3 heteroatoms. The first kappa shape index (κ1) is 5.56. The lowest BCUT2D eigenvalue weighted by Crippen LogP contribution is -2.07. The summed E-state index contributed by atoms with van der Waals surface area (Å²) in [6, 6.07) is 0. The van der Waals surface area contributed by atoms with E-state index in [2.05, 4.69) is 0 Å². The average Bonchev–Trinajstić information content (AvgIpc) is 2.42. The molecule has 1 aliphatic carbocycles. The zero-order valence-electron chi connectivity index (χ0n) is 4.50. The van der Waals surface area contributed by atoms with Crippen molar-refractivity contribution >= 4 is 5.97 Å². The Kier molecular flexibility index (Phi) is 1.21. The van der Waals surface area contributed by atoms with Crippen LogP contribution in [0.2, 0.25) is 0 Å². The number of rotatable bonds is 2. The quantitative estimate of drug-likeness (QED) is 0.517. The third-order valence-corrected chi connectivity index (χ3v) is 1.54. The predicted octanol–water partition coefficient (Wildman–Crippen LogP) is -0.334. The summed E-state index contributed by atoms with van der Waals surface area (Å²) in [6.45, 7) is 0.525. The van der Waals surface area contributed by atoms with Gasteiger partial charge in [-0.15, -0.1) is 0 Å². The van der Waals surface area contributed by atoms with Crippen molar-refractivity contribution in [1.82, 2.24) is 0 Å². The summed E-state index contributed by atoms with van der Waals surface area (Å²) in [6.07, 6.45) is 0.784. The van der Waals surface area contributed by atoms with Crippen molar-refractivity contribution in [1.29, 1.82) is 0 Å². The zero-order chi connectivity index (χ0) is 6.15. The minimum Gasteiger partial charge on any atom is -0.481 e. The first-order valence-corrected chi connectivity index (χ1v) is 2.68. The van der Waals surface area contributed by atoms with E-state index < -0.39 is 5.97 Å². The van der Waals surface area contributed by atoms with Gasteiger partial charge in [0.25, 0.3) is 0 Å². The van der Waals surface area contributed by atoms with Gasteiger partial charge in [-0.25, -0.2) is 0 Å². The number of nitrogens with two attached hydrogens (primary N) is 1. The van der Waals surface area contributed by atoms with E-state index in [1.54, 1.807) is 0 Å². The second-order valence-corrected chi connectivity index (χ2v) is 2.18. The molecule has 3 nitrogen and oxygen atoms in total. The van der Waals surface area contributed by atoms with Crippen LogP contribution in [0.1, 0.15) is 6.42 Å². The first-order chi connectivity index (χ1) is 3.75. The Labute approximate surface area is 47.5 Å². The lowest BCUT2D eigenvalue weighted by Gasteiger charge is -1.85. The fourth-order valence-electron chi connectivity index (χ4n) is 0.811. The standard InChI is InChI=1S/C5H9NO2/c6-2-3-1-4(3)5(7)8/h3-4H,1-2,6H2,(H,7,8). The molecule has 0 aromatic heterocycles. The van der Waals surface area contributed by atoms with Gasteiger partial charge in [-0.2, -0.15) is 0 Å². The molecule has 0 spiro atoms. The van der Waals surface area contributed by atoms with Gasteiger partial charge in [0.1, 0.15) is 0 Å². The van der Waals surface area contributed by atoms with Crippen LogP contribution in [-0.4, -0.2) is 17.6 Å². The van der Waals surface area contributed by atoms with Gasteiger partial charge in [0.05, 0.1) is 5.92 Å². The minimum absolute atomic E-state index is 0.125. The molecule has 0 amide bonds. The molecule has 1 rings (SSSR count). The molecule has 0 aromatic carbocycles. The van der Waals surface area contributed by atoms with E-state index in [4.69, 9.17) is 10.8 Å². The normalized spacial score (nSPS) is 34.6. The number of hydrogen-bond acceptors (Lipinski definition) is 2. The van der Waals surface area contributed by atoms with Crippen molar-refractivity contribution in [3.05, 3.63) is 0 Å². The molecular formula is C5H9NO2. The molecule has 3 N–H and O–H groups in total. The molecule has 1 saturated carbocycles. The maximum atomic E-state index is 10.1. The van der Waals surface area contributed by atoms with Crippen LogP contribution in [0.15, 0.2) is 0 Å². The zero-order valence-corrected chi connectivity index (χ0v) is 4.50. The summed E-state index contributed by atoms with van der Waals surface area (Å²) in [4.78, 5) is 10.1. The third-order valence-electron chi connectivity index (χ3n) is 1.54. The maximum Gasteiger partial charge on any atom is 0.306 e. The second kappa shape index (κ2) is 1.74. The van der Waals surface area contributed by atoms with Crippen molar-refractivity contribution in [2.45, 2.75) is 6.42 Å². The Morgan fingerprint density at radius 2 is 2.50 bits per heavy atom. The first-order valence-electron chi connectivity index (χ1n) is 2.68. The Morgan fingerprint density at radius 1 is 1.88 bits per heavy atom. The molecule has 8 heavy (non-hydrogen) atoms. The van der Waals surface area contributed by atoms with Crippen LogP contribution in [0.25, 0.3) is 0 Å². The number of aliphatic carboxylic acids is 1. The highest BCUT2D eigenvalue weighted by atomic mass is 16.4. The second-order valence-electron chi connectivity index (χ2n) is 2.18. The number of hydrogen-bond donors (Lipinski definition) is 2. The smallest absolute Gasteiger partial charge is 0.306 e. The van der Waals surface area contributed by atoms with Crippen molar-refractivity contribution < 1.29 is 9.90 Å². The van der Waals surface area contributed by atoms with Gasteiger partial charge in [-0.05, 0) is 18.9 Å². The minimum atomic E-state index is -0.694. The number of carboxylic acids is 1. The van der Waals surface area contributed by atoms with Gasteiger partial charge in [0.15, 0.2) is 0 Å². The fraction of sp³-hybridized carbons (Fsp3) is 0.800. The van der Waals surface area contributed by atoms with Gasteiger partial charge in [-0.3, -0.25) is 4.79 Å². The molecule has 0 aromatic rings. The van der Waals surface area contributed by atoms with E-state index in [-0.39, 0.29) is 11.8 Å². The Hall–Kier alpha value is -0.570. The molecule has 0 radical (unpaired) electrons. The van der Waals surface area contributed by atoms with Crippen LogP contribution in [0, 0.1) is 11.8 Å². The molecule has 2 atom stereocenters. The van der Waals surface area contributed by atoms with Crippen molar-refractivity contribution in [2.75, 3.05) is 6.54 Å². The topological polar surface area (TPSA) is 63.3 Å². The summed E-state index contributed by atoms with van der Waals surface area (Å²) in [7, 11) is 0. The van der Waals surface area contributed by atoms with Crippen LogP contribution >= 0.6 is 0 Å². The van der Waals surface area contributed by atoms with Crippen LogP contribution in [0.3, 0.4) is 0 Å². The van der Waals surface area contributed by atoms with E-state index in [0.717, 1.165) is 6.42 Å². The van der Waals surface area contributed by atoms with Gasteiger partial charge in [0, 0.05) is 0 Å². The molecule has 0 aliphatic heterocycles. The lowest BCUT2D eigenvalue weighted by molar-refractivity contribution is -0.138. The highest BCUT2D eigenvalue weighted by molar-refractivity contribution is 5.73.